The third kappa shape index (κ3) is 6.86. The van der Waals surface area contributed by atoms with Crippen LogP contribution in [0.15, 0.2) is 47.7 Å². The van der Waals surface area contributed by atoms with E-state index in [0.717, 1.165) is 30.6 Å². The molecule has 1 aliphatic rings. The molecule has 0 fully saturated rings. The van der Waals surface area contributed by atoms with Gasteiger partial charge in [0.05, 0.1) is 5.41 Å². The van der Waals surface area contributed by atoms with E-state index in [1.807, 2.05) is 50.3 Å². The van der Waals surface area contributed by atoms with Crippen molar-refractivity contribution in [3.8, 4) is 5.75 Å². The van der Waals surface area contributed by atoms with Gasteiger partial charge in [-0.05, 0) is 67.7 Å². The molecule has 0 bridgehead atoms. The van der Waals surface area contributed by atoms with Crippen LogP contribution in [0.2, 0.25) is 0 Å². The summed E-state index contributed by atoms with van der Waals surface area (Å²) in [6.45, 7) is 16.8. The van der Waals surface area contributed by atoms with Crippen LogP contribution >= 0.6 is 0 Å². The highest BCUT2D eigenvalue weighted by molar-refractivity contribution is 5.79. The van der Waals surface area contributed by atoms with Gasteiger partial charge in [0, 0.05) is 0 Å². The maximum Gasteiger partial charge on any atom is 0.317 e. The molecule has 30 heavy (non-hydrogen) atoms. The van der Waals surface area contributed by atoms with Gasteiger partial charge in [0.25, 0.3) is 6.47 Å². The van der Waals surface area contributed by atoms with Gasteiger partial charge >= 0.3 is 5.97 Å². The standard InChI is InChI=1S/C16H24O2.C10H14O2/c1-7-12-10-8-9-11-13(12)18-14(17)16(5,6)15(2,3)4;1-8(2)9-5-3-4-6-10(9)12-7-11/h8-11H,7H2,1-6H3;4,6-8H,3,5H2,1-2H3. The van der Waals surface area contributed by atoms with Gasteiger partial charge in [0.1, 0.15) is 11.5 Å². The van der Waals surface area contributed by atoms with Crippen LogP contribution in [0.4, 0.5) is 0 Å². The lowest BCUT2D eigenvalue weighted by molar-refractivity contribution is -0.150. The van der Waals surface area contributed by atoms with Gasteiger partial charge in [-0.1, -0.05) is 65.8 Å². The molecule has 0 atom stereocenters. The van der Waals surface area contributed by atoms with Crippen LogP contribution in [0.5, 0.6) is 5.75 Å². The van der Waals surface area contributed by atoms with Gasteiger partial charge in [0.2, 0.25) is 0 Å². The molecule has 4 nitrogen and oxygen atoms in total. The van der Waals surface area contributed by atoms with E-state index in [4.69, 9.17) is 9.47 Å². The van der Waals surface area contributed by atoms with E-state index in [1.165, 1.54) is 5.57 Å². The summed E-state index contributed by atoms with van der Waals surface area (Å²) < 4.78 is 10.5. The lowest BCUT2D eigenvalue weighted by Crippen LogP contribution is -2.40. The van der Waals surface area contributed by atoms with Crippen molar-refractivity contribution in [3.63, 3.8) is 0 Å². The fourth-order valence-electron chi connectivity index (χ4n) is 2.83. The highest BCUT2D eigenvalue weighted by Crippen LogP contribution is 2.39. The van der Waals surface area contributed by atoms with Gasteiger partial charge in [-0.25, -0.2) is 0 Å². The fourth-order valence-corrected chi connectivity index (χ4v) is 2.83. The number of allylic oxidation sites excluding steroid dienone is 3. The molecular weight excluding hydrogens is 376 g/mol. The van der Waals surface area contributed by atoms with E-state index in [1.54, 1.807) is 0 Å². The molecule has 0 N–H and O–H groups in total. The summed E-state index contributed by atoms with van der Waals surface area (Å²) in [5.41, 5.74) is 1.65. The number of para-hydroxylation sites is 1. The predicted octanol–water partition coefficient (Wildman–Crippen LogP) is 6.65. The van der Waals surface area contributed by atoms with E-state index in [-0.39, 0.29) is 11.4 Å². The largest absolute Gasteiger partial charge is 0.429 e. The molecule has 0 saturated carbocycles. The first kappa shape index (κ1) is 25.7. The number of carbonyl (C=O) groups excluding carboxylic acids is 2. The fraction of sp³-hybridized carbons (Fsp3) is 0.538. The number of esters is 1. The van der Waals surface area contributed by atoms with Crippen molar-refractivity contribution in [1.29, 1.82) is 0 Å². The Balaban J connectivity index is 0.000000325. The average Bonchev–Trinajstić information content (AvgIpc) is 2.68. The molecule has 2 rings (SSSR count). The third-order valence-corrected chi connectivity index (χ3v) is 5.98. The molecule has 0 amide bonds. The van der Waals surface area contributed by atoms with Crippen LogP contribution in [0.3, 0.4) is 0 Å². The molecule has 166 valence electrons. The quantitative estimate of drug-likeness (QED) is 0.297. The summed E-state index contributed by atoms with van der Waals surface area (Å²) in [7, 11) is 0. The maximum atomic E-state index is 12.3. The van der Waals surface area contributed by atoms with Crippen LogP contribution in [-0.4, -0.2) is 12.4 Å². The third-order valence-electron chi connectivity index (χ3n) is 5.98. The Bertz CT molecular complexity index is 776. The molecule has 0 radical (unpaired) electrons. The highest BCUT2D eigenvalue weighted by atomic mass is 16.5. The summed E-state index contributed by atoms with van der Waals surface area (Å²) in [6.07, 6.45) is 6.84. The van der Waals surface area contributed by atoms with Crippen molar-refractivity contribution in [2.75, 3.05) is 0 Å². The zero-order valence-corrected chi connectivity index (χ0v) is 19.9. The van der Waals surface area contributed by atoms with Crippen molar-refractivity contribution in [2.45, 2.75) is 74.7 Å². The van der Waals surface area contributed by atoms with Crippen LogP contribution in [-0.2, 0) is 20.7 Å². The Morgan fingerprint density at radius 3 is 2.30 bits per heavy atom. The molecule has 0 aromatic heterocycles. The van der Waals surface area contributed by atoms with E-state index in [2.05, 4.69) is 41.5 Å². The molecule has 0 aliphatic heterocycles. The van der Waals surface area contributed by atoms with Gasteiger partial charge < -0.3 is 9.47 Å². The summed E-state index contributed by atoms with van der Waals surface area (Å²) in [5.74, 6) is 1.72. The van der Waals surface area contributed by atoms with Gasteiger partial charge in [0.15, 0.2) is 0 Å². The number of rotatable bonds is 6. The van der Waals surface area contributed by atoms with Crippen molar-refractivity contribution in [3.05, 3.63) is 53.3 Å². The SMILES string of the molecule is CC(C)C1=C(OC=O)C=CCC1.CCc1ccccc1OC(=O)C(C)(C)C(C)(C)C. The van der Waals surface area contributed by atoms with E-state index < -0.39 is 5.41 Å². The summed E-state index contributed by atoms with van der Waals surface area (Å²) >= 11 is 0. The van der Waals surface area contributed by atoms with Gasteiger partial charge in [-0.15, -0.1) is 0 Å². The highest BCUT2D eigenvalue weighted by Gasteiger charge is 2.41. The van der Waals surface area contributed by atoms with Crippen molar-refractivity contribution in [1.82, 2.24) is 0 Å². The van der Waals surface area contributed by atoms with Gasteiger partial charge in [-0.3, -0.25) is 9.59 Å². The minimum atomic E-state index is -0.520. The Morgan fingerprint density at radius 2 is 1.77 bits per heavy atom. The van der Waals surface area contributed by atoms with Crippen LogP contribution < -0.4 is 4.74 Å². The zero-order chi connectivity index (χ0) is 22.9. The molecule has 4 heteroatoms. The summed E-state index contributed by atoms with van der Waals surface area (Å²) in [5, 5.41) is 0. The van der Waals surface area contributed by atoms with Crippen molar-refractivity contribution in [2.24, 2.45) is 16.7 Å². The Kier molecular flexibility index (Phi) is 9.54. The summed E-state index contributed by atoms with van der Waals surface area (Å²) in [4.78, 5) is 22.5. The number of carbonyl (C=O) groups is 2. The maximum absolute atomic E-state index is 12.3. The van der Waals surface area contributed by atoms with Crippen molar-refractivity contribution < 1.29 is 19.1 Å². The molecule has 0 saturated heterocycles. The minimum Gasteiger partial charge on any atom is -0.429 e. The van der Waals surface area contributed by atoms with E-state index >= 15 is 0 Å². The number of hydrogen-bond donors (Lipinski definition) is 0. The monoisotopic (exact) mass is 414 g/mol. The van der Waals surface area contributed by atoms with Crippen LogP contribution in [0.1, 0.15) is 73.8 Å². The normalized spacial score (nSPS) is 14.2. The predicted molar refractivity (Wildman–Crippen MR) is 122 cm³/mol. The molecule has 1 aliphatic carbocycles. The first-order chi connectivity index (χ1) is 14.0. The molecule has 1 aromatic carbocycles. The lowest BCUT2D eigenvalue weighted by atomic mass is 9.69. The summed E-state index contributed by atoms with van der Waals surface area (Å²) in [6, 6.07) is 7.71. The van der Waals surface area contributed by atoms with Gasteiger partial charge in [-0.2, -0.15) is 0 Å². The molecular formula is C26H38O4. The number of ether oxygens (including phenoxy) is 2. The first-order valence-electron chi connectivity index (χ1n) is 10.8. The first-order valence-corrected chi connectivity index (χ1v) is 10.8. The zero-order valence-electron chi connectivity index (χ0n) is 19.9. The Morgan fingerprint density at radius 1 is 1.13 bits per heavy atom. The molecule has 0 heterocycles. The van der Waals surface area contributed by atoms with E-state index in [0.29, 0.717) is 18.1 Å². The van der Waals surface area contributed by atoms with Crippen molar-refractivity contribution >= 4 is 12.4 Å². The number of benzene rings is 1. The Labute approximate surface area is 182 Å². The van der Waals surface area contributed by atoms with E-state index in [9.17, 15) is 9.59 Å². The molecule has 1 aromatic rings. The molecule has 0 spiro atoms. The second-order valence-corrected chi connectivity index (χ2v) is 9.43. The van der Waals surface area contributed by atoms with Crippen LogP contribution in [0.25, 0.3) is 0 Å². The minimum absolute atomic E-state index is 0.134. The molecule has 0 unspecified atom stereocenters. The lowest BCUT2D eigenvalue weighted by Gasteiger charge is -2.36. The number of hydrogen-bond acceptors (Lipinski definition) is 4. The number of aryl methyl sites for hydroxylation is 1. The Hall–Kier alpha value is -2.36. The second-order valence-electron chi connectivity index (χ2n) is 9.43. The van der Waals surface area contributed by atoms with Crippen LogP contribution in [0, 0.1) is 16.7 Å². The topological polar surface area (TPSA) is 52.6 Å². The second kappa shape index (κ2) is 11.1. The average molecular weight is 415 g/mol. The smallest absolute Gasteiger partial charge is 0.317 e.